The Hall–Kier alpha value is -1.55. The van der Waals surface area contributed by atoms with Gasteiger partial charge in [0, 0.05) is 44.8 Å². The van der Waals surface area contributed by atoms with E-state index in [1.165, 1.54) is 8.61 Å². The first-order valence-corrected chi connectivity index (χ1v) is 10.9. The third kappa shape index (κ3) is 4.66. The van der Waals surface area contributed by atoms with E-state index in [1.54, 1.807) is 18.3 Å². The quantitative estimate of drug-likeness (QED) is 0.769. The van der Waals surface area contributed by atoms with E-state index in [1.807, 2.05) is 13.8 Å². The molecule has 0 radical (unpaired) electrons. The molecule has 2 fully saturated rings. The van der Waals surface area contributed by atoms with Crippen LogP contribution in [0.2, 0.25) is 0 Å². The van der Waals surface area contributed by atoms with Crippen LogP contribution in [0.5, 0.6) is 0 Å². The molecule has 0 saturated carbocycles. The van der Waals surface area contributed by atoms with Crippen molar-refractivity contribution < 1.29 is 17.9 Å². The van der Waals surface area contributed by atoms with Crippen LogP contribution in [0.25, 0.3) is 0 Å². The summed E-state index contributed by atoms with van der Waals surface area (Å²) in [4.78, 5) is 17.0. The summed E-state index contributed by atoms with van der Waals surface area (Å²) in [6.07, 6.45) is 2.32. The highest BCUT2D eigenvalue weighted by Crippen LogP contribution is 2.30. The van der Waals surface area contributed by atoms with E-state index in [-0.39, 0.29) is 11.8 Å². The number of ether oxygens (including phenoxy) is 1. The van der Waals surface area contributed by atoms with Gasteiger partial charge in [-0.05, 0) is 24.5 Å². The summed E-state index contributed by atoms with van der Waals surface area (Å²) in [6, 6.07) is 3.50. The minimum atomic E-state index is -3.50. The lowest BCUT2D eigenvalue weighted by atomic mass is 9.98. The Balaban J connectivity index is 1.72. The maximum absolute atomic E-state index is 12.9. The fourth-order valence-corrected chi connectivity index (χ4v) is 5.07. The molecule has 150 valence electrons. The molecule has 1 N–H and O–H groups in total. The van der Waals surface area contributed by atoms with Gasteiger partial charge >= 0.3 is 0 Å². The largest absolute Gasteiger partial charge is 0.379 e. The maximum Gasteiger partial charge on any atom is 0.282 e. The summed E-state index contributed by atoms with van der Waals surface area (Å²) < 4.78 is 34.0. The van der Waals surface area contributed by atoms with Crippen molar-refractivity contribution in [3.63, 3.8) is 0 Å². The van der Waals surface area contributed by atoms with Gasteiger partial charge in [-0.2, -0.15) is 17.0 Å². The van der Waals surface area contributed by atoms with Crippen LogP contribution < -0.4 is 5.32 Å². The first kappa shape index (κ1) is 20.2. The van der Waals surface area contributed by atoms with Gasteiger partial charge in [0.15, 0.2) is 0 Å². The number of morpholine rings is 1. The van der Waals surface area contributed by atoms with Crippen LogP contribution in [0, 0.1) is 5.92 Å². The summed E-state index contributed by atoms with van der Waals surface area (Å²) in [5.74, 6) is 0.123. The van der Waals surface area contributed by atoms with E-state index < -0.39 is 10.2 Å². The highest BCUT2D eigenvalue weighted by Gasteiger charge is 2.38. The minimum absolute atomic E-state index is 0.0817. The molecule has 0 aliphatic carbocycles. The zero-order valence-electron chi connectivity index (χ0n) is 15.9. The number of carbonyl (C=O) groups excluding carboxylic acids is 1. The number of carbonyl (C=O) groups is 1. The Morgan fingerprint density at radius 2 is 2.04 bits per heavy atom. The average molecular weight is 397 g/mol. The third-order valence-corrected chi connectivity index (χ3v) is 6.92. The highest BCUT2D eigenvalue weighted by atomic mass is 32.2. The number of amides is 1. The lowest BCUT2D eigenvalue weighted by Crippen LogP contribution is -2.47. The van der Waals surface area contributed by atoms with Crippen LogP contribution in [-0.4, -0.2) is 73.9 Å². The van der Waals surface area contributed by atoms with Crippen molar-refractivity contribution in [3.05, 3.63) is 29.6 Å². The van der Waals surface area contributed by atoms with Crippen LogP contribution in [0.3, 0.4) is 0 Å². The molecule has 3 rings (SSSR count). The van der Waals surface area contributed by atoms with E-state index in [9.17, 15) is 13.2 Å². The van der Waals surface area contributed by atoms with Crippen LogP contribution in [-0.2, 0) is 14.9 Å². The lowest BCUT2D eigenvalue weighted by Gasteiger charge is -2.30. The molecule has 1 amide bonds. The summed E-state index contributed by atoms with van der Waals surface area (Å²) in [7, 11) is -3.50. The topological polar surface area (TPSA) is 91.8 Å². The zero-order valence-corrected chi connectivity index (χ0v) is 16.7. The highest BCUT2D eigenvalue weighted by molar-refractivity contribution is 7.86. The van der Waals surface area contributed by atoms with Gasteiger partial charge in [0.2, 0.25) is 0 Å². The normalized spacial score (nSPS) is 22.3. The molecule has 0 bridgehead atoms. The zero-order chi connectivity index (χ0) is 19.4. The van der Waals surface area contributed by atoms with Crippen molar-refractivity contribution in [2.24, 2.45) is 5.92 Å². The van der Waals surface area contributed by atoms with Crippen molar-refractivity contribution in [2.75, 3.05) is 45.9 Å². The van der Waals surface area contributed by atoms with Gasteiger partial charge in [-0.25, -0.2) is 0 Å². The molecule has 0 unspecified atom stereocenters. The number of aromatic nitrogens is 1. The number of rotatable bonds is 6. The number of nitrogens with zero attached hydrogens (tertiary/aromatic N) is 3. The molecule has 2 saturated heterocycles. The van der Waals surface area contributed by atoms with Crippen LogP contribution in [0.15, 0.2) is 18.3 Å². The molecule has 9 heteroatoms. The standard InChI is InChI=1S/C18H28N4O4S/c1-14(2)12-20-18(23)16-4-3-6-19-17(16)15-5-7-22(13-15)27(24,25)21-8-10-26-11-9-21/h3-4,6,14-15H,5,7-13H2,1-2H3,(H,20,23)/t15-/m0/s1. The molecule has 8 nitrogen and oxygen atoms in total. The Labute approximate surface area is 161 Å². The van der Waals surface area contributed by atoms with Crippen molar-refractivity contribution in [3.8, 4) is 0 Å². The second kappa shape index (κ2) is 8.64. The summed E-state index contributed by atoms with van der Waals surface area (Å²) in [5, 5.41) is 2.92. The van der Waals surface area contributed by atoms with Crippen molar-refractivity contribution in [1.29, 1.82) is 0 Å². The smallest absolute Gasteiger partial charge is 0.282 e. The fourth-order valence-electron chi connectivity index (χ4n) is 3.43. The van der Waals surface area contributed by atoms with Gasteiger partial charge in [0.25, 0.3) is 16.1 Å². The van der Waals surface area contributed by atoms with E-state index in [0.717, 1.165) is 0 Å². The Morgan fingerprint density at radius 1 is 1.30 bits per heavy atom. The fraction of sp³-hybridized carbons (Fsp3) is 0.667. The number of hydrogen-bond acceptors (Lipinski definition) is 5. The van der Waals surface area contributed by atoms with E-state index in [4.69, 9.17) is 4.74 Å². The van der Waals surface area contributed by atoms with Crippen molar-refractivity contribution in [1.82, 2.24) is 18.9 Å². The van der Waals surface area contributed by atoms with Crippen molar-refractivity contribution >= 4 is 16.1 Å². The van der Waals surface area contributed by atoms with Crippen LogP contribution in [0.1, 0.15) is 42.2 Å². The first-order chi connectivity index (χ1) is 12.9. The molecule has 2 aliphatic heterocycles. The second-order valence-corrected chi connectivity index (χ2v) is 9.33. The maximum atomic E-state index is 12.9. The Kier molecular flexibility index (Phi) is 6.46. The molecule has 1 aromatic heterocycles. The summed E-state index contributed by atoms with van der Waals surface area (Å²) >= 11 is 0. The van der Waals surface area contributed by atoms with E-state index >= 15 is 0 Å². The number of pyridine rings is 1. The molecular formula is C18H28N4O4S. The predicted molar refractivity (Wildman–Crippen MR) is 102 cm³/mol. The number of hydrogen-bond donors (Lipinski definition) is 1. The van der Waals surface area contributed by atoms with Gasteiger partial charge in [-0.1, -0.05) is 13.8 Å². The molecule has 1 atom stereocenters. The first-order valence-electron chi connectivity index (χ1n) is 9.45. The monoisotopic (exact) mass is 396 g/mol. The van der Waals surface area contributed by atoms with E-state index in [2.05, 4.69) is 10.3 Å². The SMILES string of the molecule is CC(C)CNC(=O)c1cccnc1[C@H]1CCN(S(=O)(=O)N2CCOCC2)C1. The molecule has 2 aliphatic rings. The molecule has 3 heterocycles. The van der Waals surface area contributed by atoms with Crippen molar-refractivity contribution in [2.45, 2.75) is 26.2 Å². The Morgan fingerprint density at radius 3 is 2.74 bits per heavy atom. The average Bonchev–Trinajstić information content (AvgIpc) is 3.17. The summed E-state index contributed by atoms with van der Waals surface area (Å²) in [6.45, 7) is 7.08. The van der Waals surface area contributed by atoms with Gasteiger partial charge < -0.3 is 10.1 Å². The lowest BCUT2D eigenvalue weighted by molar-refractivity contribution is 0.0705. The molecular weight excluding hydrogens is 368 g/mol. The van der Waals surface area contributed by atoms with Crippen LogP contribution in [0.4, 0.5) is 0 Å². The van der Waals surface area contributed by atoms with Gasteiger partial charge in [-0.3, -0.25) is 9.78 Å². The van der Waals surface area contributed by atoms with Gasteiger partial charge in [0.05, 0.1) is 24.5 Å². The second-order valence-electron chi connectivity index (χ2n) is 7.40. The van der Waals surface area contributed by atoms with Gasteiger partial charge in [-0.15, -0.1) is 0 Å². The number of nitrogens with one attached hydrogen (secondary N) is 1. The minimum Gasteiger partial charge on any atom is -0.379 e. The van der Waals surface area contributed by atoms with Gasteiger partial charge in [0.1, 0.15) is 0 Å². The molecule has 27 heavy (non-hydrogen) atoms. The van der Waals surface area contributed by atoms with E-state index in [0.29, 0.717) is 69.5 Å². The van der Waals surface area contributed by atoms with Crippen LogP contribution >= 0.6 is 0 Å². The summed E-state index contributed by atoms with van der Waals surface area (Å²) in [5.41, 5.74) is 1.22. The molecule has 1 aromatic rings. The predicted octanol–water partition coefficient (Wildman–Crippen LogP) is 0.834. The Bertz CT molecular complexity index is 762. The molecule has 0 spiro atoms. The molecule has 0 aromatic carbocycles. The third-order valence-electron chi connectivity index (χ3n) is 4.91.